The van der Waals surface area contributed by atoms with Crippen LogP contribution in [0, 0.1) is 5.92 Å². The average Bonchev–Trinajstić information content (AvgIpc) is 2.48. The largest absolute Gasteiger partial charge is 0.431 e. The third-order valence-corrected chi connectivity index (χ3v) is 4.50. The molecule has 0 saturated carbocycles. The van der Waals surface area contributed by atoms with Gasteiger partial charge in [-0.3, -0.25) is 4.79 Å². The normalized spacial score (nSPS) is 25.4. The van der Waals surface area contributed by atoms with Gasteiger partial charge in [0.2, 0.25) is 0 Å². The van der Waals surface area contributed by atoms with Crippen molar-refractivity contribution in [1.29, 1.82) is 0 Å². The number of hydrogen-bond acceptors (Lipinski definition) is 2. The molecule has 0 amide bonds. The van der Waals surface area contributed by atoms with Crippen molar-refractivity contribution in [1.82, 2.24) is 0 Å². The Hall–Kier alpha value is -0.790. The monoisotopic (exact) mass is 308 g/mol. The standard InChI is InChI=1S/C20H36O2/c1-3-14-20(21)22-19-16-13-11-9-7-5-4-6-8-10-12-15-18(2)17-19/h17-18H,3-16H2,1-2H3/b19-17+. The molecule has 0 bridgehead atoms. The van der Waals surface area contributed by atoms with E-state index in [9.17, 15) is 4.79 Å². The lowest BCUT2D eigenvalue weighted by Gasteiger charge is -2.12. The van der Waals surface area contributed by atoms with E-state index in [-0.39, 0.29) is 5.97 Å². The van der Waals surface area contributed by atoms with E-state index in [2.05, 4.69) is 13.0 Å². The quantitative estimate of drug-likeness (QED) is 0.553. The third-order valence-electron chi connectivity index (χ3n) is 4.50. The van der Waals surface area contributed by atoms with E-state index in [4.69, 9.17) is 4.74 Å². The van der Waals surface area contributed by atoms with Gasteiger partial charge >= 0.3 is 5.97 Å². The van der Waals surface area contributed by atoms with Crippen molar-refractivity contribution in [3.63, 3.8) is 0 Å². The minimum Gasteiger partial charge on any atom is -0.431 e. The van der Waals surface area contributed by atoms with E-state index < -0.39 is 0 Å². The van der Waals surface area contributed by atoms with Crippen molar-refractivity contribution in [3.05, 3.63) is 11.8 Å². The predicted molar refractivity (Wildman–Crippen MR) is 93.7 cm³/mol. The Morgan fingerprint density at radius 2 is 1.55 bits per heavy atom. The Balaban J connectivity index is 2.52. The number of allylic oxidation sites excluding steroid dienone is 2. The Bertz CT molecular complexity index is 320. The fourth-order valence-corrected chi connectivity index (χ4v) is 3.15. The average molecular weight is 309 g/mol. The zero-order valence-electron chi connectivity index (χ0n) is 14.9. The van der Waals surface area contributed by atoms with Crippen molar-refractivity contribution in [2.24, 2.45) is 5.92 Å². The van der Waals surface area contributed by atoms with Gasteiger partial charge in [-0.25, -0.2) is 0 Å². The molecule has 128 valence electrons. The maximum absolute atomic E-state index is 11.8. The SMILES string of the molecule is CCCC(=O)O/C1=C/C(C)CCCCCCCCCCCC1. The number of esters is 1. The van der Waals surface area contributed by atoms with E-state index in [0.717, 1.165) is 25.0 Å². The molecule has 2 nitrogen and oxygen atoms in total. The number of carbonyl (C=O) groups is 1. The summed E-state index contributed by atoms with van der Waals surface area (Å²) in [6.45, 7) is 4.28. The van der Waals surface area contributed by atoms with Gasteiger partial charge < -0.3 is 4.74 Å². The summed E-state index contributed by atoms with van der Waals surface area (Å²) in [5, 5.41) is 0. The van der Waals surface area contributed by atoms with Crippen LogP contribution in [0.1, 0.15) is 104 Å². The lowest BCUT2D eigenvalue weighted by Crippen LogP contribution is -2.05. The van der Waals surface area contributed by atoms with E-state index in [1.807, 2.05) is 6.92 Å². The van der Waals surface area contributed by atoms with Crippen molar-refractivity contribution in [2.45, 2.75) is 104 Å². The second kappa shape index (κ2) is 12.7. The third kappa shape index (κ3) is 10.0. The van der Waals surface area contributed by atoms with Gasteiger partial charge in [-0.2, -0.15) is 0 Å². The highest BCUT2D eigenvalue weighted by atomic mass is 16.5. The fraction of sp³-hybridized carbons (Fsp3) is 0.850. The van der Waals surface area contributed by atoms with E-state index in [1.165, 1.54) is 64.2 Å². The summed E-state index contributed by atoms with van der Waals surface area (Å²) in [5.41, 5.74) is 0. The zero-order valence-corrected chi connectivity index (χ0v) is 14.9. The highest BCUT2D eigenvalue weighted by Gasteiger charge is 2.09. The topological polar surface area (TPSA) is 26.3 Å². The molecule has 1 aliphatic rings. The molecule has 0 aromatic heterocycles. The molecule has 0 fully saturated rings. The van der Waals surface area contributed by atoms with Crippen LogP contribution in [0.25, 0.3) is 0 Å². The Kier molecular flexibility index (Phi) is 11.1. The lowest BCUT2D eigenvalue weighted by atomic mass is 10.0. The van der Waals surface area contributed by atoms with Crippen molar-refractivity contribution >= 4 is 5.97 Å². The zero-order chi connectivity index (χ0) is 16.0. The fourth-order valence-electron chi connectivity index (χ4n) is 3.15. The van der Waals surface area contributed by atoms with Crippen LogP contribution in [-0.4, -0.2) is 5.97 Å². The summed E-state index contributed by atoms with van der Waals surface area (Å²) in [6.07, 6.45) is 19.1. The molecule has 0 radical (unpaired) electrons. The first-order valence-electron chi connectivity index (χ1n) is 9.63. The number of hydrogen-bond donors (Lipinski definition) is 0. The van der Waals surface area contributed by atoms with Crippen LogP contribution in [0.2, 0.25) is 0 Å². The second-order valence-electron chi connectivity index (χ2n) is 6.91. The lowest BCUT2D eigenvalue weighted by molar-refractivity contribution is -0.139. The van der Waals surface area contributed by atoms with Crippen LogP contribution in [0.15, 0.2) is 11.8 Å². The maximum Gasteiger partial charge on any atom is 0.310 e. The Labute approximate surface area is 137 Å². The van der Waals surface area contributed by atoms with E-state index in [1.54, 1.807) is 0 Å². The van der Waals surface area contributed by atoms with Crippen molar-refractivity contribution < 1.29 is 9.53 Å². The molecule has 0 saturated heterocycles. The van der Waals surface area contributed by atoms with Crippen LogP contribution in [0.4, 0.5) is 0 Å². The van der Waals surface area contributed by atoms with E-state index in [0.29, 0.717) is 12.3 Å². The minimum atomic E-state index is -0.0566. The molecule has 0 aromatic carbocycles. The van der Waals surface area contributed by atoms with Gasteiger partial charge in [0.1, 0.15) is 5.76 Å². The van der Waals surface area contributed by atoms with Gasteiger partial charge in [-0.05, 0) is 31.3 Å². The van der Waals surface area contributed by atoms with Gasteiger partial charge in [-0.15, -0.1) is 0 Å². The molecule has 0 aliphatic heterocycles. The molecule has 1 aliphatic carbocycles. The summed E-state index contributed by atoms with van der Waals surface area (Å²) in [4.78, 5) is 11.8. The minimum absolute atomic E-state index is 0.0566. The van der Waals surface area contributed by atoms with Gasteiger partial charge in [0.05, 0.1) is 0 Å². The molecule has 0 spiro atoms. The number of ether oxygens (including phenoxy) is 1. The first-order valence-corrected chi connectivity index (χ1v) is 9.63. The molecule has 0 aromatic rings. The summed E-state index contributed by atoms with van der Waals surface area (Å²) >= 11 is 0. The van der Waals surface area contributed by atoms with Crippen LogP contribution < -0.4 is 0 Å². The van der Waals surface area contributed by atoms with Crippen LogP contribution in [-0.2, 0) is 9.53 Å². The molecule has 22 heavy (non-hydrogen) atoms. The first-order chi connectivity index (χ1) is 10.7. The molecule has 2 heteroatoms. The molecular formula is C20H36O2. The summed E-state index contributed by atoms with van der Waals surface area (Å²) in [6, 6.07) is 0. The smallest absolute Gasteiger partial charge is 0.310 e. The van der Waals surface area contributed by atoms with Gasteiger partial charge in [-0.1, -0.05) is 71.6 Å². The molecule has 1 atom stereocenters. The van der Waals surface area contributed by atoms with Gasteiger partial charge in [0.25, 0.3) is 0 Å². The van der Waals surface area contributed by atoms with Crippen molar-refractivity contribution in [2.75, 3.05) is 0 Å². The van der Waals surface area contributed by atoms with Crippen LogP contribution >= 0.6 is 0 Å². The van der Waals surface area contributed by atoms with Gasteiger partial charge in [0, 0.05) is 12.8 Å². The van der Waals surface area contributed by atoms with E-state index >= 15 is 0 Å². The molecule has 1 unspecified atom stereocenters. The Morgan fingerprint density at radius 3 is 2.14 bits per heavy atom. The summed E-state index contributed by atoms with van der Waals surface area (Å²) in [7, 11) is 0. The molecular weight excluding hydrogens is 272 g/mol. The van der Waals surface area contributed by atoms with Crippen LogP contribution in [0.3, 0.4) is 0 Å². The maximum atomic E-state index is 11.8. The predicted octanol–water partition coefficient (Wildman–Crippen LogP) is 6.54. The van der Waals surface area contributed by atoms with Crippen molar-refractivity contribution in [3.8, 4) is 0 Å². The van der Waals surface area contributed by atoms with Crippen LogP contribution in [0.5, 0.6) is 0 Å². The molecule has 0 N–H and O–H groups in total. The van der Waals surface area contributed by atoms with Gasteiger partial charge in [0.15, 0.2) is 0 Å². The highest BCUT2D eigenvalue weighted by molar-refractivity contribution is 5.70. The second-order valence-corrected chi connectivity index (χ2v) is 6.91. The Morgan fingerprint density at radius 1 is 1.00 bits per heavy atom. The number of rotatable bonds is 3. The number of carbonyl (C=O) groups excluding carboxylic acids is 1. The first kappa shape index (κ1) is 19.3. The summed E-state index contributed by atoms with van der Waals surface area (Å²) in [5.74, 6) is 1.40. The summed E-state index contributed by atoms with van der Waals surface area (Å²) < 4.78 is 5.61. The molecule has 1 rings (SSSR count). The molecule has 0 heterocycles. The highest BCUT2D eigenvalue weighted by Crippen LogP contribution is 2.20.